The van der Waals surface area contributed by atoms with Crippen LogP contribution in [0.3, 0.4) is 0 Å². The van der Waals surface area contributed by atoms with Crippen LogP contribution in [0.15, 0.2) is 48.5 Å². The summed E-state index contributed by atoms with van der Waals surface area (Å²) in [4.78, 5) is 0. The Kier molecular flexibility index (Phi) is 6.47. The molecule has 0 saturated carbocycles. The summed E-state index contributed by atoms with van der Waals surface area (Å²) in [6.45, 7) is 2.82. The molecule has 122 valence electrons. The second-order valence-electron chi connectivity index (χ2n) is 5.42. The van der Waals surface area contributed by atoms with Gasteiger partial charge in [-0.05, 0) is 42.3 Å². The number of anilines is 1. The topological polar surface area (TPSA) is 24.1 Å². The summed E-state index contributed by atoms with van der Waals surface area (Å²) >= 11 is 5.18. The van der Waals surface area contributed by atoms with E-state index in [0.717, 1.165) is 18.9 Å². The first kappa shape index (κ1) is 17.3. The Morgan fingerprint density at radius 2 is 1.87 bits per heavy atom. The number of rotatable bonds is 6. The van der Waals surface area contributed by atoms with Crippen LogP contribution >= 0.6 is 12.2 Å². The van der Waals surface area contributed by atoms with Gasteiger partial charge >= 0.3 is 0 Å². The van der Waals surface area contributed by atoms with E-state index in [0.29, 0.717) is 17.6 Å². The van der Waals surface area contributed by atoms with Crippen molar-refractivity contribution in [2.24, 2.45) is 5.92 Å². The molecule has 2 rings (SSSR count). The SMILES string of the molecule is CC[C@@H](CNC(=S)Nc1ccc(F)cc1F)Cc1ccccc1. The van der Waals surface area contributed by atoms with Crippen molar-refractivity contribution in [3.8, 4) is 0 Å². The molecule has 1 atom stereocenters. The molecule has 5 heteroatoms. The van der Waals surface area contributed by atoms with E-state index in [9.17, 15) is 8.78 Å². The maximum atomic E-state index is 13.6. The zero-order chi connectivity index (χ0) is 16.7. The van der Waals surface area contributed by atoms with Gasteiger partial charge in [0.15, 0.2) is 5.11 Å². The van der Waals surface area contributed by atoms with Gasteiger partial charge in [0.1, 0.15) is 11.6 Å². The third-order valence-corrected chi connectivity index (χ3v) is 3.92. The van der Waals surface area contributed by atoms with Crippen molar-refractivity contribution in [2.45, 2.75) is 19.8 Å². The van der Waals surface area contributed by atoms with E-state index in [4.69, 9.17) is 12.2 Å². The maximum Gasteiger partial charge on any atom is 0.170 e. The van der Waals surface area contributed by atoms with E-state index >= 15 is 0 Å². The second-order valence-corrected chi connectivity index (χ2v) is 5.83. The average molecular weight is 334 g/mol. The average Bonchev–Trinajstić information content (AvgIpc) is 2.55. The molecule has 2 N–H and O–H groups in total. The summed E-state index contributed by atoms with van der Waals surface area (Å²) in [5, 5.41) is 6.20. The van der Waals surface area contributed by atoms with Crippen LogP contribution in [0.1, 0.15) is 18.9 Å². The van der Waals surface area contributed by atoms with Crippen LogP contribution in [0.4, 0.5) is 14.5 Å². The van der Waals surface area contributed by atoms with Gasteiger partial charge in [-0.15, -0.1) is 0 Å². The van der Waals surface area contributed by atoms with Gasteiger partial charge in [-0.3, -0.25) is 0 Å². The minimum Gasteiger partial charge on any atom is -0.362 e. The molecule has 0 bridgehead atoms. The van der Waals surface area contributed by atoms with Crippen molar-refractivity contribution < 1.29 is 8.78 Å². The van der Waals surface area contributed by atoms with Gasteiger partial charge < -0.3 is 10.6 Å². The molecule has 0 radical (unpaired) electrons. The quantitative estimate of drug-likeness (QED) is 0.760. The van der Waals surface area contributed by atoms with E-state index in [1.165, 1.54) is 17.7 Å². The molecule has 0 aliphatic carbocycles. The number of hydrogen-bond acceptors (Lipinski definition) is 1. The summed E-state index contributed by atoms with van der Waals surface area (Å²) in [6, 6.07) is 13.6. The van der Waals surface area contributed by atoms with Crippen molar-refractivity contribution in [2.75, 3.05) is 11.9 Å². The molecule has 0 heterocycles. The number of benzene rings is 2. The molecule has 0 saturated heterocycles. The summed E-state index contributed by atoms with van der Waals surface area (Å²) < 4.78 is 26.4. The van der Waals surface area contributed by atoms with Crippen molar-refractivity contribution in [1.82, 2.24) is 5.32 Å². The predicted molar refractivity (Wildman–Crippen MR) is 94.5 cm³/mol. The molecule has 2 nitrogen and oxygen atoms in total. The van der Waals surface area contributed by atoms with E-state index in [1.807, 2.05) is 18.2 Å². The third-order valence-electron chi connectivity index (χ3n) is 3.68. The van der Waals surface area contributed by atoms with Crippen LogP contribution in [0.2, 0.25) is 0 Å². The standard InChI is InChI=1S/C18H20F2N2S/c1-2-13(10-14-6-4-3-5-7-14)12-21-18(23)22-17-9-8-15(19)11-16(17)20/h3-9,11,13H,2,10,12H2,1H3,(H2,21,22,23)/t13-/m1/s1. The molecule has 0 unspecified atom stereocenters. The Labute approximate surface area is 140 Å². The van der Waals surface area contributed by atoms with Crippen LogP contribution < -0.4 is 10.6 Å². The molecule has 23 heavy (non-hydrogen) atoms. The molecular formula is C18H20F2N2S. The monoisotopic (exact) mass is 334 g/mol. The fourth-order valence-corrected chi connectivity index (χ4v) is 2.50. The number of halogens is 2. The van der Waals surface area contributed by atoms with Gasteiger partial charge in [-0.25, -0.2) is 8.78 Å². The zero-order valence-corrected chi connectivity index (χ0v) is 13.8. The Bertz CT molecular complexity index is 647. The molecule has 0 aliphatic heterocycles. The van der Waals surface area contributed by atoms with Crippen molar-refractivity contribution >= 4 is 23.0 Å². The first-order chi connectivity index (χ1) is 11.1. The first-order valence-electron chi connectivity index (χ1n) is 7.62. The lowest BCUT2D eigenvalue weighted by molar-refractivity contribution is 0.498. The molecule has 0 aromatic heterocycles. The normalized spacial score (nSPS) is 11.8. The maximum absolute atomic E-state index is 13.6. The highest BCUT2D eigenvalue weighted by Gasteiger charge is 2.10. The lowest BCUT2D eigenvalue weighted by Gasteiger charge is -2.18. The van der Waals surface area contributed by atoms with Crippen LogP contribution in [0.25, 0.3) is 0 Å². The number of nitrogens with one attached hydrogen (secondary N) is 2. The van der Waals surface area contributed by atoms with Crippen molar-refractivity contribution in [1.29, 1.82) is 0 Å². The van der Waals surface area contributed by atoms with Crippen LogP contribution in [0, 0.1) is 17.6 Å². The Morgan fingerprint density at radius 1 is 1.13 bits per heavy atom. The second kappa shape index (κ2) is 8.58. The van der Waals surface area contributed by atoms with Gasteiger partial charge in [-0.2, -0.15) is 0 Å². The van der Waals surface area contributed by atoms with E-state index in [2.05, 4.69) is 29.7 Å². The molecule has 0 fully saturated rings. The fourth-order valence-electron chi connectivity index (χ4n) is 2.30. The van der Waals surface area contributed by atoms with Crippen LogP contribution in [-0.2, 0) is 6.42 Å². The molecule has 0 amide bonds. The smallest absolute Gasteiger partial charge is 0.170 e. The lowest BCUT2D eigenvalue weighted by atomic mass is 9.97. The molecule has 2 aromatic carbocycles. The van der Waals surface area contributed by atoms with Gasteiger partial charge in [0.25, 0.3) is 0 Å². The van der Waals surface area contributed by atoms with Crippen LogP contribution in [-0.4, -0.2) is 11.7 Å². The van der Waals surface area contributed by atoms with E-state index < -0.39 is 11.6 Å². The van der Waals surface area contributed by atoms with Gasteiger partial charge in [0.2, 0.25) is 0 Å². The van der Waals surface area contributed by atoms with Gasteiger partial charge in [-0.1, -0.05) is 43.7 Å². The highest BCUT2D eigenvalue weighted by atomic mass is 32.1. The third kappa shape index (κ3) is 5.60. The van der Waals surface area contributed by atoms with Gasteiger partial charge in [0, 0.05) is 12.6 Å². The van der Waals surface area contributed by atoms with Gasteiger partial charge in [0.05, 0.1) is 5.69 Å². The zero-order valence-electron chi connectivity index (χ0n) is 13.0. The van der Waals surface area contributed by atoms with Crippen LogP contribution in [0.5, 0.6) is 0 Å². The Hall–Kier alpha value is -2.01. The summed E-state index contributed by atoms with van der Waals surface area (Å²) in [7, 11) is 0. The van der Waals surface area contributed by atoms with Crippen molar-refractivity contribution in [3.63, 3.8) is 0 Å². The highest BCUT2D eigenvalue weighted by Crippen LogP contribution is 2.15. The van der Waals surface area contributed by atoms with E-state index in [-0.39, 0.29) is 5.69 Å². The minimum atomic E-state index is -0.662. The molecule has 0 aliphatic rings. The first-order valence-corrected chi connectivity index (χ1v) is 8.03. The number of thiocarbonyl (C=S) groups is 1. The summed E-state index contributed by atoms with van der Waals surface area (Å²) in [5.41, 5.74) is 1.45. The fraction of sp³-hybridized carbons (Fsp3) is 0.278. The molecular weight excluding hydrogens is 314 g/mol. The molecule has 2 aromatic rings. The molecule has 0 spiro atoms. The summed E-state index contributed by atoms with van der Waals surface area (Å²) in [5.74, 6) is -0.846. The lowest BCUT2D eigenvalue weighted by Crippen LogP contribution is -2.33. The predicted octanol–water partition coefficient (Wildman–Crippen LogP) is 4.52. The minimum absolute atomic E-state index is 0.167. The summed E-state index contributed by atoms with van der Waals surface area (Å²) in [6.07, 6.45) is 1.97. The largest absolute Gasteiger partial charge is 0.362 e. The van der Waals surface area contributed by atoms with E-state index in [1.54, 1.807) is 0 Å². The Balaban J connectivity index is 1.84. The van der Waals surface area contributed by atoms with Crippen molar-refractivity contribution in [3.05, 3.63) is 65.7 Å². The Morgan fingerprint density at radius 3 is 2.52 bits per heavy atom. The highest BCUT2D eigenvalue weighted by molar-refractivity contribution is 7.80. The number of hydrogen-bond donors (Lipinski definition) is 2.